The lowest BCUT2D eigenvalue weighted by Crippen LogP contribution is -2.40. The lowest BCUT2D eigenvalue weighted by Gasteiger charge is -2.42. The fraction of sp³-hybridized carbons (Fsp3) is 0.625. The third-order valence-electron chi connectivity index (χ3n) is 4.96. The van der Waals surface area contributed by atoms with Gasteiger partial charge in [-0.15, -0.1) is 0 Å². The number of benzene rings is 1. The highest BCUT2D eigenvalue weighted by Crippen LogP contribution is 2.39. The van der Waals surface area contributed by atoms with Crippen LogP contribution in [0.4, 0.5) is 10.1 Å². The van der Waals surface area contributed by atoms with Gasteiger partial charge in [-0.05, 0) is 30.4 Å². The predicted octanol–water partition coefficient (Wildman–Crippen LogP) is 3.69. The summed E-state index contributed by atoms with van der Waals surface area (Å²) in [5.41, 5.74) is 7.83. The number of nitrogens with zero attached hydrogens (tertiary/aromatic N) is 1. The maximum atomic E-state index is 13.8. The van der Waals surface area contributed by atoms with Crippen LogP contribution >= 0.6 is 0 Å². The molecule has 2 nitrogen and oxygen atoms in total. The molecule has 0 unspecified atom stereocenters. The van der Waals surface area contributed by atoms with E-state index in [-0.39, 0.29) is 12.4 Å². The summed E-state index contributed by atoms with van der Waals surface area (Å²) in [4.78, 5) is 2.30. The summed E-state index contributed by atoms with van der Waals surface area (Å²) in [6, 6.07) is 5.28. The Balaban J connectivity index is 2.16. The zero-order chi connectivity index (χ0) is 13.9. The van der Waals surface area contributed by atoms with Crippen LogP contribution in [0.3, 0.4) is 0 Å². The Hall–Kier alpha value is -1.09. The lowest BCUT2D eigenvalue weighted by molar-refractivity contribution is 0.199. The van der Waals surface area contributed by atoms with Crippen molar-refractivity contribution < 1.29 is 4.39 Å². The van der Waals surface area contributed by atoms with E-state index < -0.39 is 0 Å². The molecular formula is C16H25FN2. The summed E-state index contributed by atoms with van der Waals surface area (Å²) in [7, 11) is 0. The van der Waals surface area contributed by atoms with Crippen molar-refractivity contribution in [3.05, 3.63) is 29.6 Å². The van der Waals surface area contributed by atoms with Crippen molar-refractivity contribution in [2.45, 2.75) is 46.1 Å². The van der Waals surface area contributed by atoms with Gasteiger partial charge in [-0.25, -0.2) is 4.39 Å². The summed E-state index contributed by atoms with van der Waals surface area (Å²) < 4.78 is 13.8. The van der Waals surface area contributed by atoms with E-state index in [0.717, 1.165) is 18.8 Å². The molecule has 0 spiro atoms. The van der Waals surface area contributed by atoms with Gasteiger partial charge in [0.25, 0.3) is 0 Å². The van der Waals surface area contributed by atoms with E-state index >= 15 is 0 Å². The number of nitrogens with two attached hydrogens (primary N) is 1. The number of anilines is 1. The second-order valence-electron chi connectivity index (χ2n) is 5.64. The van der Waals surface area contributed by atoms with Gasteiger partial charge in [-0.1, -0.05) is 32.8 Å². The Morgan fingerprint density at radius 3 is 2.37 bits per heavy atom. The zero-order valence-electron chi connectivity index (χ0n) is 12.1. The number of hydrogen-bond acceptors (Lipinski definition) is 2. The molecule has 1 heterocycles. The van der Waals surface area contributed by atoms with E-state index in [1.165, 1.54) is 31.7 Å². The predicted molar refractivity (Wildman–Crippen MR) is 78.8 cm³/mol. The summed E-state index contributed by atoms with van der Waals surface area (Å²) in [5, 5.41) is 0. The Labute approximate surface area is 115 Å². The molecule has 1 aliphatic heterocycles. The summed E-state index contributed by atoms with van der Waals surface area (Å²) in [6.45, 7) is 6.86. The third-order valence-corrected chi connectivity index (χ3v) is 4.96. The Bertz CT molecular complexity index is 417. The highest BCUT2D eigenvalue weighted by atomic mass is 19.1. The molecule has 1 aliphatic rings. The van der Waals surface area contributed by atoms with Crippen LogP contribution < -0.4 is 10.6 Å². The first kappa shape index (κ1) is 14.3. The Kier molecular flexibility index (Phi) is 4.46. The fourth-order valence-electron chi connectivity index (χ4n) is 3.22. The van der Waals surface area contributed by atoms with Gasteiger partial charge in [0.2, 0.25) is 0 Å². The Morgan fingerprint density at radius 1 is 1.21 bits per heavy atom. The van der Waals surface area contributed by atoms with Gasteiger partial charge in [-0.2, -0.15) is 0 Å². The molecule has 19 heavy (non-hydrogen) atoms. The average molecular weight is 264 g/mol. The van der Waals surface area contributed by atoms with E-state index in [1.54, 1.807) is 6.07 Å². The first-order valence-corrected chi connectivity index (χ1v) is 7.38. The van der Waals surface area contributed by atoms with Crippen LogP contribution in [-0.2, 0) is 6.54 Å². The minimum Gasteiger partial charge on any atom is -0.371 e. The van der Waals surface area contributed by atoms with E-state index in [1.807, 2.05) is 6.07 Å². The number of piperidine rings is 1. The topological polar surface area (TPSA) is 29.3 Å². The van der Waals surface area contributed by atoms with Gasteiger partial charge >= 0.3 is 0 Å². The molecular weight excluding hydrogens is 239 g/mol. The number of hydrogen-bond donors (Lipinski definition) is 1. The Morgan fingerprint density at radius 2 is 1.84 bits per heavy atom. The standard InChI is InChI=1S/C16H25FN2/c1-3-16(4-2)8-10-19(11-9-16)15-7-5-6-14(17)13(15)12-18/h5-7H,3-4,8-12,18H2,1-2H3. The SMILES string of the molecule is CCC1(CC)CCN(c2cccc(F)c2CN)CC1. The number of rotatable bonds is 4. The molecule has 2 rings (SSSR count). The molecule has 1 aromatic carbocycles. The minimum atomic E-state index is -0.178. The third kappa shape index (κ3) is 2.76. The molecule has 0 aromatic heterocycles. The first-order chi connectivity index (χ1) is 9.15. The molecule has 0 atom stereocenters. The molecule has 0 saturated carbocycles. The fourth-order valence-corrected chi connectivity index (χ4v) is 3.22. The van der Waals surface area contributed by atoms with Crippen molar-refractivity contribution >= 4 is 5.69 Å². The van der Waals surface area contributed by atoms with Crippen LogP contribution in [0.2, 0.25) is 0 Å². The second kappa shape index (κ2) is 5.91. The minimum absolute atomic E-state index is 0.178. The monoisotopic (exact) mass is 264 g/mol. The molecule has 0 aliphatic carbocycles. The maximum absolute atomic E-state index is 13.8. The molecule has 0 amide bonds. The van der Waals surface area contributed by atoms with E-state index in [4.69, 9.17) is 5.73 Å². The molecule has 2 N–H and O–H groups in total. The molecule has 1 fully saturated rings. The maximum Gasteiger partial charge on any atom is 0.129 e. The first-order valence-electron chi connectivity index (χ1n) is 7.38. The highest BCUT2D eigenvalue weighted by molar-refractivity contribution is 5.54. The quantitative estimate of drug-likeness (QED) is 0.898. The molecule has 0 radical (unpaired) electrons. The van der Waals surface area contributed by atoms with Crippen molar-refractivity contribution in [1.29, 1.82) is 0 Å². The van der Waals surface area contributed by atoms with Crippen LogP contribution in [-0.4, -0.2) is 13.1 Å². The van der Waals surface area contributed by atoms with Crippen LogP contribution in [0, 0.1) is 11.2 Å². The van der Waals surface area contributed by atoms with Crippen LogP contribution in [0.1, 0.15) is 45.1 Å². The van der Waals surface area contributed by atoms with Gasteiger partial charge in [0, 0.05) is 30.9 Å². The van der Waals surface area contributed by atoms with Crippen LogP contribution in [0.5, 0.6) is 0 Å². The van der Waals surface area contributed by atoms with Crippen LogP contribution in [0.25, 0.3) is 0 Å². The molecule has 1 saturated heterocycles. The highest BCUT2D eigenvalue weighted by Gasteiger charge is 2.31. The lowest BCUT2D eigenvalue weighted by atomic mass is 9.74. The largest absolute Gasteiger partial charge is 0.371 e. The summed E-state index contributed by atoms with van der Waals surface area (Å²) in [5.74, 6) is -0.178. The van der Waals surface area contributed by atoms with Crippen molar-refractivity contribution in [2.24, 2.45) is 11.1 Å². The van der Waals surface area contributed by atoms with Gasteiger partial charge in [0.05, 0.1) is 0 Å². The molecule has 3 heteroatoms. The molecule has 1 aromatic rings. The van der Waals surface area contributed by atoms with Crippen molar-refractivity contribution in [3.8, 4) is 0 Å². The number of halogens is 1. The van der Waals surface area contributed by atoms with E-state index in [2.05, 4.69) is 18.7 Å². The van der Waals surface area contributed by atoms with Crippen LogP contribution in [0.15, 0.2) is 18.2 Å². The van der Waals surface area contributed by atoms with Crippen molar-refractivity contribution in [2.75, 3.05) is 18.0 Å². The van der Waals surface area contributed by atoms with Gasteiger partial charge in [0.1, 0.15) is 5.82 Å². The van der Waals surface area contributed by atoms with E-state index in [0.29, 0.717) is 11.0 Å². The molecule has 0 bridgehead atoms. The van der Waals surface area contributed by atoms with Gasteiger partial charge in [0.15, 0.2) is 0 Å². The second-order valence-corrected chi connectivity index (χ2v) is 5.64. The molecule has 106 valence electrons. The van der Waals surface area contributed by atoms with Crippen molar-refractivity contribution in [3.63, 3.8) is 0 Å². The van der Waals surface area contributed by atoms with Crippen molar-refractivity contribution in [1.82, 2.24) is 0 Å². The smallest absolute Gasteiger partial charge is 0.129 e. The normalized spacial score (nSPS) is 18.6. The average Bonchev–Trinajstić information content (AvgIpc) is 2.47. The van der Waals surface area contributed by atoms with Gasteiger partial charge in [-0.3, -0.25) is 0 Å². The zero-order valence-corrected chi connectivity index (χ0v) is 12.1. The summed E-state index contributed by atoms with van der Waals surface area (Å²) in [6.07, 6.45) is 4.87. The van der Waals surface area contributed by atoms with E-state index in [9.17, 15) is 4.39 Å². The van der Waals surface area contributed by atoms with Gasteiger partial charge < -0.3 is 10.6 Å². The summed E-state index contributed by atoms with van der Waals surface area (Å²) >= 11 is 0.